The molecule has 0 fully saturated rings. The largest absolute Gasteiger partial charge is 0.314 e. The van der Waals surface area contributed by atoms with Gasteiger partial charge in [-0.2, -0.15) is 0 Å². The molecule has 1 atom stereocenters. The smallest absolute Gasteiger partial charge is 0.134 e. The van der Waals surface area contributed by atoms with Crippen molar-refractivity contribution in [3.63, 3.8) is 0 Å². The summed E-state index contributed by atoms with van der Waals surface area (Å²) in [6, 6.07) is 21.5. The molecule has 4 nitrogen and oxygen atoms in total. The summed E-state index contributed by atoms with van der Waals surface area (Å²) in [4.78, 5) is 2.58. The monoisotopic (exact) mass is 360 g/mol. The van der Waals surface area contributed by atoms with Crippen LogP contribution in [0.25, 0.3) is 0 Å². The van der Waals surface area contributed by atoms with E-state index in [-0.39, 0.29) is 0 Å². The molecule has 0 spiro atoms. The van der Waals surface area contributed by atoms with Crippen molar-refractivity contribution in [2.75, 3.05) is 19.6 Å². The van der Waals surface area contributed by atoms with Gasteiger partial charge >= 0.3 is 0 Å². The molecule has 0 aliphatic carbocycles. The van der Waals surface area contributed by atoms with E-state index in [1.807, 2.05) is 0 Å². The molecule has 4 rings (SSSR count). The zero-order valence-electron chi connectivity index (χ0n) is 16.1. The van der Waals surface area contributed by atoms with Crippen molar-refractivity contribution in [1.29, 1.82) is 0 Å². The van der Waals surface area contributed by atoms with Crippen molar-refractivity contribution < 1.29 is 0 Å². The summed E-state index contributed by atoms with van der Waals surface area (Å²) in [5.74, 6) is 2.83. The van der Waals surface area contributed by atoms with Crippen LogP contribution < -0.4 is 0 Å². The Morgan fingerprint density at radius 3 is 2.37 bits per heavy atom. The minimum Gasteiger partial charge on any atom is -0.314 e. The molecule has 1 unspecified atom stereocenters. The molecule has 0 N–H and O–H groups in total. The van der Waals surface area contributed by atoms with Gasteiger partial charge in [-0.3, -0.25) is 0 Å². The first-order valence-corrected chi connectivity index (χ1v) is 10.0. The third-order valence-electron chi connectivity index (χ3n) is 5.58. The second-order valence-electron chi connectivity index (χ2n) is 7.53. The van der Waals surface area contributed by atoms with Crippen LogP contribution in [0.2, 0.25) is 0 Å². The molecule has 0 saturated heterocycles. The Hall–Kier alpha value is -2.46. The summed E-state index contributed by atoms with van der Waals surface area (Å²) in [7, 11) is 0. The van der Waals surface area contributed by atoms with Crippen LogP contribution in [0.15, 0.2) is 60.7 Å². The molecule has 4 heteroatoms. The fourth-order valence-electron chi connectivity index (χ4n) is 3.97. The van der Waals surface area contributed by atoms with Crippen molar-refractivity contribution in [3.8, 4) is 0 Å². The molecular formula is C23H28N4. The summed E-state index contributed by atoms with van der Waals surface area (Å²) in [5, 5.41) is 8.97. The summed E-state index contributed by atoms with van der Waals surface area (Å²) in [6.07, 6.45) is 2.96. The van der Waals surface area contributed by atoms with Gasteiger partial charge < -0.3 is 9.47 Å². The number of aromatic nitrogens is 3. The molecule has 0 bridgehead atoms. The number of hydrogen-bond acceptors (Lipinski definition) is 3. The summed E-state index contributed by atoms with van der Waals surface area (Å²) < 4.78 is 2.36. The van der Waals surface area contributed by atoms with Gasteiger partial charge in [-0.15, -0.1) is 10.2 Å². The highest BCUT2D eigenvalue weighted by atomic mass is 15.3. The van der Waals surface area contributed by atoms with E-state index in [0.29, 0.717) is 5.92 Å². The number of benzene rings is 2. The second-order valence-corrected chi connectivity index (χ2v) is 7.53. The Labute approximate surface area is 161 Å². The van der Waals surface area contributed by atoms with Crippen LogP contribution in [0.5, 0.6) is 0 Å². The average Bonchev–Trinajstić information content (AvgIpc) is 3.00. The summed E-state index contributed by atoms with van der Waals surface area (Å²) in [6.45, 7) is 6.55. The highest BCUT2D eigenvalue weighted by Gasteiger charge is 2.20. The highest BCUT2D eigenvalue weighted by Crippen LogP contribution is 2.18. The Morgan fingerprint density at radius 1 is 0.852 bits per heavy atom. The third-order valence-corrected chi connectivity index (χ3v) is 5.58. The van der Waals surface area contributed by atoms with Gasteiger partial charge in [0.1, 0.15) is 11.6 Å². The third kappa shape index (κ3) is 4.45. The minimum absolute atomic E-state index is 0.548. The predicted molar refractivity (Wildman–Crippen MR) is 109 cm³/mol. The van der Waals surface area contributed by atoms with Crippen LogP contribution in [0.3, 0.4) is 0 Å². The zero-order valence-corrected chi connectivity index (χ0v) is 16.1. The van der Waals surface area contributed by atoms with E-state index in [2.05, 4.69) is 87.3 Å². The lowest BCUT2D eigenvalue weighted by Gasteiger charge is -2.24. The van der Waals surface area contributed by atoms with Crippen molar-refractivity contribution in [3.05, 3.63) is 83.4 Å². The number of rotatable bonds is 6. The summed E-state index contributed by atoms with van der Waals surface area (Å²) >= 11 is 0. The molecule has 0 amide bonds. The first-order valence-electron chi connectivity index (χ1n) is 10.0. The van der Waals surface area contributed by atoms with Gasteiger partial charge in [0, 0.05) is 39.0 Å². The van der Waals surface area contributed by atoms with Crippen LogP contribution in [0, 0.1) is 0 Å². The zero-order chi connectivity index (χ0) is 18.5. The lowest BCUT2D eigenvalue weighted by atomic mass is 10.0. The Bertz CT molecular complexity index is 841. The van der Waals surface area contributed by atoms with Crippen LogP contribution >= 0.6 is 0 Å². The van der Waals surface area contributed by atoms with Gasteiger partial charge in [0.25, 0.3) is 0 Å². The molecule has 140 valence electrons. The summed E-state index contributed by atoms with van der Waals surface area (Å²) in [5.41, 5.74) is 2.78. The molecular weight excluding hydrogens is 332 g/mol. The number of fused-ring (bicyclic) bond motifs is 1. The lowest BCUT2D eigenvalue weighted by Crippen LogP contribution is -2.31. The molecule has 3 aromatic rings. The van der Waals surface area contributed by atoms with Crippen molar-refractivity contribution in [1.82, 2.24) is 19.7 Å². The van der Waals surface area contributed by atoms with Crippen LogP contribution in [-0.2, 0) is 25.8 Å². The maximum Gasteiger partial charge on any atom is 0.134 e. The van der Waals surface area contributed by atoms with Crippen LogP contribution in [-0.4, -0.2) is 39.3 Å². The van der Waals surface area contributed by atoms with Gasteiger partial charge in [-0.1, -0.05) is 67.6 Å². The first kappa shape index (κ1) is 17.9. The van der Waals surface area contributed by atoms with Gasteiger partial charge in [-0.25, -0.2) is 0 Å². The van der Waals surface area contributed by atoms with Crippen molar-refractivity contribution >= 4 is 0 Å². The topological polar surface area (TPSA) is 34.0 Å². The predicted octanol–water partition coefficient (Wildman–Crippen LogP) is 3.73. The first-order chi connectivity index (χ1) is 13.3. The SMILES string of the molecule is CC(CN1CCc2nnc(CCc3ccccc3)n2CC1)c1ccccc1. The van der Waals surface area contributed by atoms with Crippen LogP contribution in [0.4, 0.5) is 0 Å². The average molecular weight is 361 g/mol. The van der Waals surface area contributed by atoms with E-state index in [9.17, 15) is 0 Å². The standard InChI is InChI=1S/C23H28N4/c1-19(21-10-6-3-7-11-21)18-26-15-14-23-25-24-22(27(23)17-16-26)13-12-20-8-4-2-5-9-20/h2-11,19H,12-18H2,1H3. The highest BCUT2D eigenvalue weighted by molar-refractivity contribution is 5.19. The quantitative estimate of drug-likeness (QED) is 0.672. The van der Waals surface area contributed by atoms with E-state index >= 15 is 0 Å². The number of aryl methyl sites for hydroxylation is 2. The van der Waals surface area contributed by atoms with E-state index < -0.39 is 0 Å². The molecule has 1 aromatic heterocycles. The van der Waals surface area contributed by atoms with E-state index in [4.69, 9.17) is 0 Å². The molecule has 1 aliphatic rings. The molecule has 2 aromatic carbocycles. The maximum absolute atomic E-state index is 4.49. The van der Waals surface area contributed by atoms with E-state index in [0.717, 1.165) is 57.1 Å². The van der Waals surface area contributed by atoms with Gasteiger partial charge in [0.05, 0.1) is 0 Å². The number of hydrogen-bond donors (Lipinski definition) is 0. The lowest BCUT2D eigenvalue weighted by molar-refractivity contribution is 0.265. The van der Waals surface area contributed by atoms with Gasteiger partial charge in [0.2, 0.25) is 0 Å². The second kappa shape index (κ2) is 8.49. The Balaban J connectivity index is 1.36. The molecule has 1 aliphatic heterocycles. The maximum atomic E-state index is 4.49. The van der Waals surface area contributed by atoms with E-state index in [1.165, 1.54) is 11.1 Å². The van der Waals surface area contributed by atoms with E-state index in [1.54, 1.807) is 0 Å². The van der Waals surface area contributed by atoms with Gasteiger partial charge in [0.15, 0.2) is 0 Å². The van der Waals surface area contributed by atoms with Crippen molar-refractivity contribution in [2.45, 2.75) is 38.6 Å². The number of nitrogens with zero attached hydrogens (tertiary/aromatic N) is 4. The fraction of sp³-hybridized carbons (Fsp3) is 0.391. The molecule has 2 heterocycles. The molecule has 27 heavy (non-hydrogen) atoms. The Morgan fingerprint density at radius 2 is 1.59 bits per heavy atom. The molecule has 0 radical (unpaired) electrons. The Kier molecular flexibility index (Phi) is 5.64. The van der Waals surface area contributed by atoms with Gasteiger partial charge in [-0.05, 0) is 23.5 Å². The minimum atomic E-state index is 0.548. The van der Waals surface area contributed by atoms with Crippen LogP contribution in [0.1, 0.15) is 35.6 Å². The normalized spacial score (nSPS) is 15.9. The van der Waals surface area contributed by atoms with Crippen molar-refractivity contribution in [2.24, 2.45) is 0 Å². The molecule has 0 saturated carbocycles. The fourth-order valence-corrected chi connectivity index (χ4v) is 3.97.